The molecule has 0 amide bonds. The number of benzene rings is 1. The van der Waals surface area contributed by atoms with Crippen LogP contribution in [0.15, 0.2) is 36.9 Å². The SMILES string of the molecule is C=CC(=O)OCCC(=O)OCCCCCCOc1ccc(OOCl)cc1. The van der Waals surface area contributed by atoms with Crippen molar-refractivity contribution in [3.63, 3.8) is 0 Å². The molecule has 0 fully saturated rings. The molecule has 7 nitrogen and oxygen atoms in total. The van der Waals surface area contributed by atoms with E-state index in [4.69, 9.17) is 26.1 Å². The highest BCUT2D eigenvalue weighted by molar-refractivity contribution is 6.06. The summed E-state index contributed by atoms with van der Waals surface area (Å²) in [7, 11) is 0. The minimum Gasteiger partial charge on any atom is -0.494 e. The number of hydrogen-bond acceptors (Lipinski definition) is 7. The maximum Gasteiger partial charge on any atom is 0.330 e. The smallest absolute Gasteiger partial charge is 0.330 e. The summed E-state index contributed by atoms with van der Waals surface area (Å²) in [5, 5.41) is 0. The fourth-order valence-corrected chi connectivity index (χ4v) is 2.00. The van der Waals surface area contributed by atoms with Gasteiger partial charge in [0, 0.05) is 6.08 Å². The van der Waals surface area contributed by atoms with Crippen LogP contribution in [-0.4, -0.2) is 31.8 Å². The van der Waals surface area contributed by atoms with Crippen LogP contribution < -0.4 is 9.62 Å². The van der Waals surface area contributed by atoms with E-state index in [-0.39, 0.29) is 19.0 Å². The summed E-state index contributed by atoms with van der Waals surface area (Å²) in [4.78, 5) is 26.8. The lowest BCUT2D eigenvalue weighted by Crippen LogP contribution is -2.11. The highest BCUT2D eigenvalue weighted by Crippen LogP contribution is 2.18. The zero-order chi connectivity index (χ0) is 19.0. The summed E-state index contributed by atoms with van der Waals surface area (Å²) in [5.41, 5.74) is 0. The second kappa shape index (κ2) is 14.0. The molecule has 0 spiro atoms. The monoisotopic (exact) mass is 386 g/mol. The molecule has 1 aromatic carbocycles. The van der Waals surface area contributed by atoms with E-state index in [0.717, 1.165) is 37.5 Å². The number of carbonyl (C=O) groups excluding carboxylic acids is 2. The molecule has 0 aliphatic heterocycles. The molecule has 8 heteroatoms. The van der Waals surface area contributed by atoms with E-state index >= 15 is 0 Å². The van der Waals surface area contributed by atoms with Crippen molar-refractivity contribution < 1.29 is 33.1 Å². The van der Waals surface area contributed by atoms with Gasteiger partial charge in [0.05, 0.1) is 19.6 Å². The van der Waals surface area contributed by atoms with Gasteiger partial charge in [-0.05, 0) is 49.9 Å². The first kappa shape index (κ1) is 21.8. The molecule has 0 aromatic heterocycles. The van der Waals surface area contributed by atoms with Gasteiger partial charge in [-0.1, -0.05) is 11.0 Å². The third-order valence-corrected chi connectivity index (χ3v) is 3.30. The minimum atomic E-state index is -0.548. The van der Waals surface area contributed by atoms with E-state index in [1.54, 1.807) is 24.3 Å². The molecule has 0 bridgehead atoms. The highest BCUT2D eigenvalue weighted by Gasteiger charge is 2.04. The quantitative estimate of drug-likeness (QED) is 0.158. The van der Waals surface area contributed by atoms with Crippen molar-refractivity contribution in [2.45, 2.75) is 32.1 Å². The molecule has 0 heterocycles. The molecule has 0 N–H and O–H groups in total. The lowest BCUT2D eigenvalue weighted by molar-refractivity contribution is -0.147. The summed E-state index contributed by atoms with van der Waals surface area (Å²) in [6.07, 6.45) is 4.68. The van der Waals surface area contributed by atoms with Crippen LogP contribution >= 0.6 is 11.9 Å². The molecule has 144 valence electrons. The standard InChI is InChI=1S/C18H23ClO7/c1-2-17(20)24-14-11-18(21)23-13-6-4-3-5-12-22-15-7-9-16(10-8-15)25-26-19/h2,7-10H,1,3-6,11-14H2. The topological polar surface area (TPSA) is 80.3 Å². The van der Waals surface area contributed by atoms with Crippen molar-refractivity contribution >= 4 is 23.8 Å². The Kier molecular flexibility index (Phi) is 11.7. The van der Waals surface area contributed by atoms with E-state index in [9.17, 15) is 9.59 Å². The average Bonchev–Trinajstić information content (AvgIpc) is 2.65. The Labute approximate surface area is 157 Å². The van der Waals surface area contributed by atoms with Crippen LogP contribution in [0.3, 0.4) is 0 Å². The number of unbranched alkanes of at least 4 members (excludes halogenated alkanes) is 3. The molecule has 0 aliphatic rings. The van der Waals surface area contributed by atoms with Crippen molar-refractivity contribution in [1.82, 2.24) is 0 Å². The van der Waals surface area contributed by atoms with Gasteiger partial charge in [0.2, 0.25) is 0 Å². The Hall–Kier alpha value is -2.25. The number of carbonyl (C=O) groups is 2. The Morgan fingerprint density at radius 2 is 1.58 bits per heavy atom. The van der Waals surface area contributed by atoms with Crippen molar-refractivity contribution in [2.24, 2.45) is 0 Å². The van der Waals surface area contributed by atoms with Gasteiger partial charge < -0.3 is 19.1 Å². The van der Waals surface area contributed by atoms with Gasteiger partial charge in [-0.2, -0.15) is 0 Å². The second-order valence-electron chi connectivity index (χ2n) is 5.22. The molecular weight excluding hydrogens is 364 g/mol. The Morgan fingerprint density at radius 1 is 0.923 bits per heavy atom. The lowest BCUT2D eigenvalue weighted by atomic mass is 10.2. The van der Waals surface area contributed by atoms with Crippen LogP contribution in [0.2, 0.25) is 0 Å². The van der Waals surface area contributed by atoms with E-state index in [2.05, 4.69) is 15.9 Å². The summed E-state index contributed by atoms with van der Waals surface area (Å²) in [6, 6.07) is 6.89. The molecule has 0 saturated heterocycles. The third kappa shape index (κ3) is 10.6. The molecule has 0 radical (unpaired) electrons. The summed E-state index contributed by atoms with van der Waals surface area (Å²) < 4.78 is 19.4. The molecule has 0 saturated carbocycles. The number of hydrogen-bond donors (Lipinski definition) is 0. The molecule has 0 atom stereocenters. The van der Waals surface area contributed by atoms with Crippen LogP contribution in [-0.2, 0) is 23.5 Å². The van der Waals surface area contributed by atoms with Crippen LogP contribution in [0.4, 0.5) is 0 Å². The predicted octanol–water partition coefficient (Wildman–Crippen LogP) is 3.75. The van der Waals surface area contributed by atoms with E-state index in [1.807, 2.05) is 0 Å². The maximum absolute atomic E-state index is 11.4. The molecule has 0 aliphatic carbocycles. The third-order valence-electron chi connectivity index (χ3n) is 3.24. The molecule has 1 aromatic rings. The minimum absolute atomic E-state index is 0.00697. The lowest BCUT2D eigenvalue weighted by Gasteiger charge is -2.07. The van der Waals surface area contributed by atoms with Gasteiger partial charge in [-0.15, -0.1) is 0 Å². The number of halogens is 1. The molecule has 26 heavy (non-hydrogen) atoms. The van der Waals surface area contributed by atoms with Gasteiger partial charge in [-0.3, -0.25) is 4.79 Å². The normalized spacial score (nSPS) is 10.0. The van der Waals surface area contributed by atoms with Crippen molar-refractivity contribution in [1.29, 1.82) is 0 Å². The van der Waals surface area contributed by atoms with E-state index in [1.165, 1.54) is 0 Å². The van der Waals surface area contributed by atoms with Gasteiger partial charge >= 0.3 is 11.9 Å². The largest absolute Gasteiger partial charge is 0.494 e. The predicted molar refractivity (Wildman–Crippen MR) is 94.7 cm³/mol. The first-order chi connectivity index (χ1) is 12.7. The zero-order valence-electron chi connectivity index (χ0n) is 14.5. The number of rotatable bonds is 14. The number of esters is 2. The van der Waals surface area contributed by atoms with Gasteiger partial charge in [0.15, 0.2) is 5.75 Å². The maximum atomic E-state index is 11.4. The molecule has 1 rings (SSSR count). The van der Waals surface area contributed by atoms with Gasteiger partial charge in [-0.25, -0.2) is 4.79 Å². The van der Waals surface area contributed by atoms with E-state index in [0.29, 0.717) is 19.0 Å². The summed E-state index contributed by atoms with van der Waals surface area (Å²) in [6.45, 7) is 4.23. The van der Waals surface area contributed by atoms with Crippen molar-refractivity contribution in [3.05, 3.63) is 36.9 Å². The van der Waals surface area contributed by atoms with Gasteiger partial charge in [0.25, 0.3) is 0 Å². The molecular formula is C18H23ClO7. The fourth-order valence-electron chi connectivity index (χ4n) is 1.93. The second-order valence-corrected chi connectivity index (χ2v) is 5.35. The van der Waals surface area contributed by atoms with Gasteiger partial charge in [0.1, 0.15) is 24.2 Å². The van der Waals surface area contributed by atoms with Crippen LogP contribution in [0, 0.1) is 0 Å². The molecule has 0 unspecified atom stereocenters. The summed E-state index contributed by atoms with van der Waals surface area (Å²) in [5.74, 6) is 0.296. The van der Waals surface area contributed by atoms with Crippen LogP contribution in [0.5, 0.6) is 11.5 Å². The Morgan fingerprint density at radius 3 is 2.23 bits per heavy atom. The van der Waals surface area contributed by atoms with E-state index < -0.39 is 5.97 Å². The zero-order valence-corrected chi connectivity index (χ0v) is 15.2. The summed E-state index contributed by atoms with van der Waals surface area (Å²) >= 11 is 4.98. The number of ether oxygens (including phenoxy) is 3. The first-order valence-corrected chi connectivity index (χ1v) is 8.59. The first-order valence-electron chi connectivity index (χ1n) is 8.28. The highest BCUT2D eigenvalue weighted by atomic mass is 35.5. The average molecular weight is 387 g/mol. The Balaban J connectivity index is 1.95. The van der Waals surface area contributed by atoms with Crippen LogP contribution in [0.25, 0.3) is 0 Å². The Bertz CT molecular complexity index is 545. The van der Waals surface area contributed by atoms with Crippen LogP contribution in [0.1, 0.15) is 32.1 Å². The fraction of sp³-hybridized carbons (Fsp3) is 0.444. The van der Waals surface area contributed by atoms with Crippen molar-refractivity contribution in [2.75, 3.05) is 19.8 Å². The van der Waals surface area contributed by atoms with Crippen molar-refractivity contribution in [3.8, 4) is 11.5 Å².